The summed E-state index contributed by atoms with van der Waals surface area (Å²) < 4.78 is 5.27. The normalized spacial score (nSPS) is 12.1. The third kappa shape index (κ3) is 3.23. The third-order valence-corrected chi connectivity index (χ3v) is 2.64. The Morgan fingerprint density at radius 1 is 1.16 bits per heavy atom. The van der Waals surface area contributed by atoms with E-state index in [0.717, 1.165) is 24.4 Å². The average Bonchev–Trinajstić information content (AvgIpc) is 2.49. The maximum atomic E-state index is 5.27. The standard InChI is InChI=1S/C13H17N5O/c1-3-4-16-11(10-9-14-5-6-15-10)12-13(19-2)18-8-7-17-12/h5-9,11,16H,3-4H2,1-2H3. The summed E-state index contributed by atoms with van der Waals surface area (Å²) in [6.07, 6.45) is 9.30. The second-order valence-corrected chi connectivity index (χ2v) is 3.97. The minimum atomic E-state index is -0.169. The van der Waals surface area contributed by atoms with E-state index in [0.29, 0.717) is 5.88 Å². The lowest BCUT2D eigenvalue weighted by Gasteiger charge is -2.18. The van der Waals surface area contributed by atoms with E-state index < -0.39 is 0 Å². The van der Waals surface area contributed by atoms with Gasteiger partial charge in [-0.15, -0.1) is 0 Å². The second-order valence-electron chi connectivity index (χ2n) is 3.97. The van der Waals surface area contributed by atoms with Crippen LogP contribution in [0.15, 0.2) is 31.0 Å². The molecule has 1 atom stereocenters. The van der Waals surface area contributed by atoms with Gasteiger partial charge in [0.2, 0.25) is 5.88 Å². The van der Waals surface area contributed by atoms with E-state index in [4.69, 9.17) is 4.74 Å². The molecule has 6 heteroatoms. The lowest BCUT2D eigenvalue weighted by Crippen LogP contribution is -2.25. The number of hydrogen-bond acceptors (Lipinski definition) is 6. The monoisotopic (exact) mass is 259 g/mol. The fourth-order valence-electron chi connectivity index (χ4n) is 1.78. The highest BCUT2D eigenvalue weighted by Crippen LogP contribution is 2.24. The molecule has 2 aromatic heterocycles. The first kappa shape index (κ1) is 13.4. The molecule has 1 unspecified atom stereocenters. The molecule has 2 rings (SSSR count). The molecule has 0 saturated carbocycles. The number of rotatable bonds is 6. The predicted molar refractivity (Wildman–Crippen MR) is 70.8 cm³/mol. The number of nitrogens with zero attached hydrogens (tertiary/aromatic N) is 4. The summed E-state index contributed by atoms with van der Waals surface area (Å²) in [5, 5.41) is 3.39. The van der Waals surface area contributed by atoms with E-state index in [9.17, 15) is 0 Å². The van der Waals surface area contributed by atoms with Crippen molar-refractivity contribution < 1.29 is 4.74 Å². The van der Waals surface area contributed by atoms with Crippen molar-refractivity contribution in [2.24, 2.45) is 0 Å². The Kier molecular flexibility index (Phi) is 4.74. The number of aromatic nitrogens is 4. The molecule has 2 heterocycles. The highest BCUT2D eigenvalue weighted by molar-refractivity contribution is 5.28. The van der Waals surface area contributed by atoms with Gasteiger partial charge >= 0.3 is 0 Å². The lowest BCUT2D eigenvalue weighted by atomic mass is 10.1. The van der Waals surface area contributed by atoms with Gasteiger partial charge in [-0.25, -0.2) is 4.98 Å². The largest absolute Gasteiger partial charge is 0.480 e. The van der Waals surface area contributed by atoms with Crippen LogP contribution in [0.2, 0.25) is 0 Å². The summed E-state index contributed by atoms with van der Waals surface area (Å²) in [5.41, 5.74) is 1.52. The van der Waals surface area contributed by atoms with Crippen molar-refractivity contribution in [3.8, 4) is 5.88 Å². The Balaban J connectivity index is 2.37. The van der Waals surface area contributed by atoms with Gasteiger partial charge in [-0.2, -0.15) is 0 Å². The van der Waals surface area contributed by atoms with Crippen LogP contribution in [0.4, 0.5) is 0 Å². The molecule has 6 nitrogen and oxygen atoms in total. The van der Waals surface area contributed by atoms with E-state index in [2.05, 4.69) is 32.2 Å². The lowest BCUT2D eigenvalue weighted by molar-refractivity contribution is 0.381. The van der Waals surface area contributed by atoms with E-state index in [1.165, 1.54) is 0 Å². The van der Waals surface area contributed by atoms with Crippen LogP contribution in [0.1, 0.15) is 30.8 Å². The molecule has 0 radical (unpaired) electrons. The van der Waals surface area contributed by atoms with E-state index in [1.54, 1.807) is 38.1 Å². The van der Waals surface area contributed by atoms with Gasteiger partial charge in [-0.05, 0) is 13.0 Å². The molecule has 1 N–H and O–H groups in total. The van der Waals surface area contributed by atoms with E-state index >= 15 is 0 Å². The van der Waals surface area contributed by atoms with Gasteiger partial charge in [0, 0.05) is 24.8 Å². The number of ether oxygens (including phenoxy) is 1. The van der Waals surface area contributed by atoms with Gasteiger partial charge in [0.1, 0.15) is 5.69 Å². The fraction of sp³-hybridized carbons (Fsp3) is 0.385. The van der Waals surface area contributed by atoms with Crippen molar-refractivity contribution in [1.29, 1.82) is 0 Å². The van der Waals surface area contributed by atoms with Crippen LogP contribution in [0.3, 0.4) is 0 Å². The molecule has 0 spiro atoms. The van der Waals surface area contributed by atoms with Crippen LogP contribution in [-0.4, -0.2) is 33.6 Å². The first-order valence-electron chi connectivity index (χ1n) is 6.21. The summed E-state index contributed by atoms with van der Waals surface area (Å²) in [4.78, 5) is 17.0. The highest BCUT2D eigenvalue weighted by Gasteiger charge is 2.21. The van der Waals surface area contributed by atoms with Crippen LogP contribution < -0.4 is 10.1 Å². The molecule has 0 bridgehead atoms. The van der Waals surface area contributed by atoms with Crippen molar-refractivity contribution in [3.63, 3.8) is 0 Å². The Morgan fingerprint density at radius 3 is 2.63 bits per heavy atom. The molecule has 19 heavy (non-hydrogen) atoms. The molecule has 0 amide bonds. The Bertz CT molecular complexity index is 505. The van der Waals surface area contributed by atoms with Gasteiger partial charge in [-0.1, -0.05) is 6.92 Å². The minimum Gasteiger partial charge on any atom is -0.480 e. The van der Waals surface area contributed by atoms with Crippen LogP contribution >= 0.6 is 0 Å². The Labute approximate surface area is 112 Å². The number of nitrogens with one attached hydrogen (secondary N) is 1. The maximum Gasteiger partial charge on any atom is 0.237 e. The van der Waals surface area contributed by atoms with Crippen molar-refractivity contribution in [2.75, 3.05) is 13.7 Å². The highest BCUT2D eigenvalue weighted by atomic mass is 16.5. The van der Waals surface area contributed by atoms with Crippen molar-refractivity contribution in [3.05, 3.63) is 42.4 Å². The van der Waals surface area contributed by atoms with Gasteiger partial charge in [0.05, 0.1) is 25.0 Å². The zero-order valence-corrected chi connectivity index (χ0v) is 11.1. The number of methoxy groups -OCH3 is 1. The van der Waals surface area contributed by atoms with Crippen LogP contribution in [0.5, 0.6) is 5.88 Å². The van der Waals surface area contributed by atoms with Crippen LogP contribution in [0.25, 0.3) is 0 Å². The SMILES string of the molecule is CCCNC(c1cnccn1)c1nccnc1OC. The van der Waals surface area contributed by atoms with Crippen molar-refractivity contribution >= 4 is 0 Å². The van der Waals surface area contributed by atoms with Crippen molar-refractivity contribution in [1.82, 2.24) is 25.3 Å². The fourth-order valence-corrected chi connectivity index (χ4v) is 1.78. The summed E-state index contributed by atoms with van der Waals surface area (Å²) >= 11 is 0. The third-order valence-electron chi connectivity index (χ3n) is 2.64. The molecular weight excluding hydrogens is 242 g/mol. The topological polar surface area (TPSA) is 72.8 Å². The Morgan fingerprint density at radius 2 is 1.95 bits per heavy atom. The molecule has 0 aliphatic heterocycles. The first-order valence-corrected chi connectivity index (χ1v) is 6.21. The number of hydrogen-bond donors (Lipinski definition) is 1. The molecule has 0 saturated heterocycles. The van der Waals surface area contributed by atoms with Crippen LogP contribution in [0, 0.1) is 0 Å². The molecule has 100 valence electrons. The van der Waals surface area contributed by atoms with Crippen LogP contribution in [-0.2, 0) is 0 Å². The van der Waals surface area contributed by atoms with Gasteiger partial charge in [-0.3, -0.25) is 15.0 Å². The summed E-state index contributed by atoms with van der Waals surface area (Å²) in [6.45, 7) is 2.95. The van der Waals surface area contributed by atoms with E-state index in [1.807, 2.05) is 0 Å². The Hall–Kier alpha value is -2.08. The molecule has 0 aromatic carbocycles. The van der Waals surface area contributed by atoms with Gasteiger partial charge in [0.25, 0.3) is 0 Å². The quantitative estimate of drug-likeness (QED) is 0.844. The zero-order chi connectivity index (χ0) is 13.5. The summed E-state index contributed by atoms with van der Waals surface area (Å²) in [6, 6.07) is -0.169. The first-order chi connectivity index (χ1) is 9.36. The van der Waals surface area contributed by atoms with E-state index in [-0.39, 0.29) is 6.04 Å². The van der Waals surface area contributed by atoms with Gasteiger partial charge < -0.3 is 10.1 Å². The van der Waals surface area contributed by atoms with Crippen molar-refractivity contribution in [2.45, 2.75) is 19.4 Å². The second kappa shape index (κ2) is 6.75. The maximum absolute atomic E-state index is 5.27. The zero-order valence-electron chi connectivity index (χ0n) is 11.1. The van der Waals surface area contributed by atoms with Gasteiger partial charge in [0.15, 0.2) is 0 Å². The minimum absolute atomic E-state index is 0.169. The summed E-state index contributed by atoms with van der Waals surface area (Å²) in [7, 11) is 1.58. The molecule has 0 aliphatic carbocycles. The smallest absolute Gasteiger partial charge is 0.237 e. The average molecular weight is 259 g/mol. The molecule has 0 fully saturated rings. The molecule has 2 aromatic rings. The predicted octanol–water partition coefficient (Wildman–Crippen LogP) is 1.36. The molecular formula is C13H17N5O. The summed E-state index contributed by atoms with van der Waals surface area (Å²) in [5.74, 6) is 0.502. The molecule has 0 aliphatic rings.